The predicted octanol–water partition coefficient (Wildman–Crippen LogP) is 8.27. The van der Waals surface area contributed by atoms with Crippen molar-refractivity contribution in [3.63, 3.8) is 0 Å². The average molecular weight is 601 g/mol. The number of carbonyl (C=O) groups is 2. The Kier molecular flexibility index (Phi) is 11.6. The van der Waals surface area contributed by atoms with Crippen molar-refractivity contribution in [2.75, 3.05) is 6.61 Å². The van der Waals surface area contributed by atoms with Crippen molar-refractivity contribution in [1.82, 2.24) is 9.55 Å². The lowest BCUT2D eigenvalue weighted by atomic mass is 10.0. The highest BCUT2D eigenvalue weighted by molar-refractivity contribution is 5.86. The van der Waals surface area contributed by atoms with Gasteiger partial charge in [0.1, 0.15) is 22.8 Å². The number of hydrogen-bond acceptors (Lipinski definition) is 5. The highest BCUT2D eigenvalue weighted by Gasteiger charge is 2.38. The van der Waals surface area contributed by atoms with Crippen LogP contribution in [0.15, 0.2) is 60.7 Å². The molecule has 8 nitrogen and oxygen atoms in total. The van der Waals surface area contributed by atoms with E-state index in [1.807, 2.05) is 24.3 Å². The van der Waals surface area contributed by atoms with Crippen LogP contribution in [0.25, 0.3) is 22.2 Å². The molecule has 0 bridgehead atoms. The molecule has 0 aliphatic heterocycles. The van der Waals surface area contributed by atoms with E-state index < -0.39 is 18.3 Å². The Morgan fingerprint density at radius 1 is 0.907 bits per heavy atom. The van der Waals surface area contributed by atoms with Crippen LogP contribution in [-0.4, -0.2) is 44.7 Å². The van der Waals surface area contributed by atoms with Gasteiger partial charge in [-0.3, -0.25) is 0 Å². The zero-order valence-electron chi connectivity index (χ0n) is 24.3. The highest BCUT2D eigenvalue weighted by atomic mass is 19.4. The monoisotopic (exact) mass is 600 g/mol. The smallest absolute Gasteiger partial charge is 0.491 e. The van der Waals surface area contributed by atoms with Gasteiger partial charge in [-0.1, -0.05) is 75.2 Å². The van der Waals surface area contributed by atoms with Crippen LogP contribution >= 0.6 is 0 Å². The zero-order chi connectivity index (χ0) is 31.6. The number of aromatic nitrogens is 2. The maximum Gasteiger partial charge on any atom is 0.511 e. The van der Waals surface area contributed by atoms with E-state index in [1.165, 1.54) is 0 Å². The number of fused-ring (bicyclic) bond motifs is 1. The minimum absolute atomic E-state index is 0.324. The van der Waals surface area contributed by atoms with Gasteiger partial charge in [-0.15, -0.1) is 0 Å². The van der Waals surface area contributed by atoms with Crippen LogP contribution in [0.2, 0.25) is 0 Å². The van der Waals surface area contributed by atoms with Gasteiger partial charge in [0.05, 0.1) is 12.1 Å². The summed E-state index contributed by atoms with van der Waals surface area (Å²) in [5, 5.41) is 16.2. The van der Waals surface area contributed by atoms with E-state index in [0.29, 0.717) is 18.9 Å². The summed E-state index contributed by atoms with van der Waals surface area (Å²) >= 11 is 0. The molecule has 1 heterocycles. The molecular formula is C32H35F3N2O6. The van der Waals surface area contributed by atoms with E-state index in [2.05, 4.69) is 49.6 Å². The molecule has 0 aliphatic carbocycles. The molecule has 230 valence electrons. The van der Waals surface area contributed by atoms with E-state index in [0.717, 1.165) is 77.0 Å². The Morgan fingerprint density at radius 3 is 2.16 bits per heavy atom. The van der Waals surface area contributed by atoms with Gasteiger partial charge in [-0.05, 0) is 48.6 Å². The molecule has 1 aromatic heterocycles. The Bertz CT molecular complexity index is 1530. The van der Waals surface area contributed by atoms with Gasteiger partial charge in [-0.25, -0.2) is 14.6 Å². The molecule has 0 fully saturated rings. The third-order valence-electron chi connectivity index (χ3n) is 6.58. The number of halogens is 3. The molecule has 0 saturated heterocycles. The molecule has 3 aromatic carbocycles. The molecule has 0 aliphatic rings. The van der Waals surface area contributed by atoms with E-state index in [9.17, 15) is 18.0 Å². The standard InChI is InChI=1S/C30H34N2O4.C2HF3O2/c1-4-6-12-27-31-28-21(3)13-18-26(35-19-7-5-2)29(28)32(27)20-22-14-16-23(17-15-22)24-10-8-9-11-25(24)36-30(33)34;3-2(4,5)1(6)7/h8-11,13-18H,4-7,12,19-20H2,1-3H3,(H,33,34);(H,6,7). The fourth-order valence-electron chi connectivity index (χ4n) is 4.38. The summed E-state index contributed by atoms with van der Waals surface area (Å²) in [7, 11) is 0. The van der Waals surface area contributed by atoms with Crippen molar-refractivity contribution in [2.45, 2.75) is 65.6 Å². The molecule has 11 heteroatoms. The fraction of sp³-hybridized carbons (Fsp3) is 0.344. The minimum atomic E-state index is -5.08. The van der Waals surface area contributed by atoms with Crippen molar-refractivity contribution in [1.29, 1.82) is 0 Å². The molecule has 0 unspecified atom stereocenters. The number of rotatable bonds is 11. The van der Waals surface area contributed by atoms with E-state index >= 15 is 0 Å². The molecule has 0 amide bonds. The van der Waals surface area contributed by atoms with Gasteiger partial charge in [0.15, 0.2) is 0 Å². The zero-order valence-corrected chi connectivity index (χ0v) is 24.3. The predicted molar refractivity (Wildman–Crippen MR) is 157 cm³/mol. The number of aliphatic carboxylic acids is 1. The van der Waals surface area contributed by atoms with Crippen molar-refractivity contribution in [3.8, 4) is 22.6 Å². The topological polar surface area (TPSA) is 111 Å². The summed E-state index contributed by atoms with van der Waals surface area (Å²) in [4.78, 5) is 25.0. The molecular weight excluding hydrogens is 565 g/mol. The van der Waals surface area contributed by atoms with E-state index in [1.54, 1.807) is 12.1 Å². The summed E-state index contributed by atoms with van der Waals surface area (Å²) in [5.74, 6) is -0.474. The number of imidazole rings is 1. The van der Waals surface area contributed by atoms with Gasteiger partial charge in [0.2, 0.25) is 0 Å². The van der Waals surface area contributed by atoms with Crippen molar-refractivity contribution in [2.24, 2.45) is 0 Å². The second kappa shape index (κ2) is 15.1. The van der Waals surface area contributed by atoms with Crippen molar-refractivity contribution in [3.05, 3.63) is 77.6 Å². The first-order chi connectivity index (χ1) is 20.5. The Morgan fingerprint density at radius 2 is 1.56 bits per heavy atom. The minimum Gasteiger partial charge on any atom is -0.491 e. The van der Waals surface area contributed by atoms with Crippen LogP contribution in [-0.2, 0) is 17.8 Å². The summed E-state index contributed by atoms with van der Waals surface area (Å²) in [6.45, 7) is 7.83. The molecule has 4 aromatic rings. The second-order valence-electron chi connectivity index (χ2n) is 9.86. The number of carboxylic acid groups (broad SMARTS) is 2. The van der Waals surface area contributed by atoms with Gasteiger partial charge in [-0.2, -0.15) is 13.2 Å². The summed E-state index contributed by atoms with van der Waals surface area (Å²) < 4.78 is 45.2. The SMILES string of the molecule is CCCCOc1ccc(C)c2nc(CCCC)n(Cc3ccc(-c4ccccc4OC(=O)O)cc3)c12.O=C(O)C(F)(F)F. The van der Waals surface area contributed by atoms with Crippen LogP contribution in [0.3, 0.4) is 0 Å². The summed E-state index contributed by atoms with van der Waals surface area (Å²) in [6.07, 6.45) is -1.21. The lowest BCUT2D eigenvalue weighted by molar-refractivity contribution is -0.192. The molecule has 0 radical (unpaired) electrons. The Balaban J connectivity index is 0.000000646. The maximum absolute atomic E-state index is 11.1. The van der Waals surface area contributed by atoms with Crippen LogP contribution < -0.4 is 9.47 Å². The van der Waals surface area contributed by atoms with Gasteiger partial charge in [0.25, 0.3) is 0 Å². The third kappa shape index (κ3) is 8.97. The molecule has 0 spiro atoms. The largest absolute Gasteiger partial charge is 0.511 e. The first-order valence-electron chi connectivity index (χ1n) is 14.0. The van der Waals surface area contributed by atoms with Crippen molar-refractivity contribution >= 4 is 23.2 Å². The number of benzene rings is 3. The first-order valence-corrected chi connectivity index (χ1v) is 14.0. The van der Waals surface area contributed by atoms with Gasteiger partial charge >= 0.3 is 18.3 Å². The van der Waals surface area contributed by atoms with Crippen molar-refractivity contribution < 1.29 is 42.4 Å². The quantitative estimate of drug-likeness (QED) is 0.101. The number of hydrogen-bond donors (Lipinski definition) is 2. The van der Waals surface area contributed by atoms with Crippen LogP contribution in [0.4, 0.5) is 18.0 Å². The van der Waals surface area contributed by atoms with Crippen LogP contribution in [0.5, 0.6) is 11.5 Å². The molecule has 0 saturated carbocycles. The maximum atomic E-state index is 11.1. The number of nitrogens with zero attached hydrogens (tertiary/aromatic N) is 2. The number of para-hydroxylation sites is 1. The normalized spacial score (nSPS) is 11.1. The average Bonchev–Trinajstić information content (AvgIpc) is 3.32. The van der Waals surface area contributed by atoms with E-state index in [4.69, 9.17) is 29.5 Å². The highest BCUT2D eigenvalue weighted by Crippen LogP contribution is 2.33. The number of alkyl halides is 3. The molecule has 4 rings (SSSR count). The molecule has 43 heavy (non-hydrogen) atoms. The number of ether oxygens (including phenoxy) is 2. The number of carboxylic acids is 1. The Hall–Kier alpha value is -4.54. The Labute approximate surface area is 247 Å². The van der Waals surface area contributed by atoms with Crippen LogP contribution in [0.1, 0.15) is 56.5 Å². The van der Waals surface area contributed by atoms with Gasteiger partial charge < -0.3 is 24.3 Å². The first kappa shape index (κ1) is 33.0. The third-order valence-corrected chi connectivity index (χ3v) is 6.58. The lowest BCUT2D eigenvalue weighted by Gasteiger charge is -2.14. The summed E-state index contributed by atoms with van der Waals surface area (Å²) in [6, 6.07) is 19.5. The number of aryl methyl sites for hydroxylation is 2. The van der Waals surface area contributed by atoms with Crippen LogP contribution in [0, 0.1) is 6.92 Å². The molecule has 2 N–H and O–H groups in total. The van der Waals surface area contributed by atoms with Gasteiger partial charge in [0, 0.05) is 18.5 Å². The lowest BCUT2D eigenvalue weighted by Crippen LogP contribution is -2.21. The number of unbranched alkanes of at least 4 members (excludes halogenated alkanes) is 2. The second-order valence-corrected chi connectivity index (χ2v) is 9.86. The fourth-order valence-corrected chi connectivity index (χ4v) is 4.38. The molecule has 0 atom stereocenters. The summed E-state index contributed by atoms with van der Waals surface area (Å²) in [5.41, 5.74) is 5.98. The van der Waals surface area contributed by atoms with E-state index in [-0.39, 0.29) is 0 Å².